The van der Waals surface area contributed by atoms with Gasteiger partial charge in [-0.2, -0.15) is 0 Å². The molecule has 1 amide bonds. The van der Waals surface area contributed by atoms with Gasteiger partial charge < -0.3 is 10.2 Å². The third kappa shape index (κ3) is 4.04. The first-order valence-corrected chi connectivity index (χ1v) is 11.4. The van der Waals surface area contributed by atoms with Gasteiger partial charge in [0.15, 0.2) is 0 Å². The summed E-state index contributed by atoms with van der Waals surface area (Å²) >= 11 is 0. The fraction of sp³-hybridized carbons (Fsp3) is 0.261. The number of nitrogens with one attached hydrogen (secondary N) is 1. The molecule has 3 aromatic rings. The zero-order valence-corrected chi connectivity index (χ0v) is 17.7. The van der Waals surface area contributed by atoms with Crippen LogP contribution >= 0.6 is 0 Å². The Bertz CT molecular complexity index is 1160. The van der Waals surface area contributed by atoms with Gasteiger partial charge in [-0.25, -0.2) is 8.42 Å². The molecule has 30 heavy (non-hydrogen) atoms. The van der Waals surface area contributed by atoms with Crippen molar-refractivity contribution in [1.29, 1.82) is 0 Å². The molecule has 0 fully saturated rings. The Morgan fingerprint density at radius 3 is 2.50 bits per heavy atom. The van der Waals surface area contributed by atoms with Crippen LogP contribution in [-0.4, -0.2) is 45.9 Å². The molecule has 3 aromatic carbocycles. The quantitative estimate of drug-likeness (QED) is 0.566. The van der Waals surface area contributed by atoms with Crippen LogP contribution in [0.5, 0.6) is 0 Å². The number of amides is 1. The second kappa shape index (κ2) is 8.45. The maximum atomic E-state index is 12.9. The molecule has 1 aliphatic rings. The van der Waals surface area contributed by atoms with E-state index in [9.17, 15) is 13.2 Å². The van der Waals surface area contributed by atoms with Crippen molar-refractivity contribution < 1.29 is 13.2 Å². The lowest BCUT2D eigenvalue weighted by molar-refractivity contribution is -0.119. The van der Waals surface area contributed by atoms with Crippen molar-refractivity contribution in [3.05, 3.63) is 72.3 Å². The predicted molar refractivity (Wildman–Crippen MR) is 119 cm³/mol. The standard InChI is InChI=1S/C23H25N3O3S/c1-25(16-18-8-3-2-4-9-18)15-7-14-24-22(27)17-26-20-12-5-10-19-11-6-13-21(23(19)20)30(26,28)29/h2-6,8-13H,7,14-17H2,1H3,(H,24,27). The Morgan fingerprint density at radius 1 is 1.00 bits per heavy atom. The first kappa shape index (κ1) is 20.4. The molecule has 0 unspecified atom stereocenters. The first-order chi connectivity index (χ1) is 14.5. The first-order valence-electron chi connectivity index (χ1n) is 10.0. The van der Waals surface area contributed by atoms with Gasteiger partial charge in [-0.1, -0.05) is 54.6 Å². The average molecular weight is 424 g/mol. The van der Waals surface area contributed by atoms with Crippen molar-refractivity contribution in [2.45, 2.75) is 17.9 Å². The zero-order valence-electron chi connectivity index (χ0n) is 16.9. The minimum atomic E-state index is -3.71. The molecular formula is C23H25N3O3S. The summed E-state index contributed by atoms with van der Waals surface area (Å²) in [6, 6.07) is 20.9. The van der Waals surface area contributed by atoms with E-state index in [1.54, 1.807) is 18.2 Å². The van der Waals surface area contributed by atoms with Crippen LogP contribution in [0.4, 0.5) is 5.69 Å². The van der Waals surface area contributed by atoms with Crippen LogP contribution in [0.1, 0.15) is 12.0 Å². The highest BCUT2D eigenvalue weighted by molar-refractivity contribution is 7.93. The summed E-state index contributed by atoms with van der Waals surface area (Å²) in [6.07, 6.45) is 0.789. The smallest absolute Gasteiger partial charge is 0.265 e. The molecule has 7 heteroatoms. The molecule has 0 saturated carbocycles. The molecule has 6 nitrogen and oxygen atoms in total. The summed E-state index contributed by atoms with van der Waals surface area (Å²) in [6.45, 7) is 1.98. The van der Waals surface area contributed by atoms with Crippen LogP contribution in [-0.2, 0) is 21.4 Å². The third-order valence-electron chi connectivity index (χ3n) is 5.30. The predicted octanol–water partition coefficient (Wildman–Crippen LogP) is 2.99. The largest absolute Gasteiger partial charge is 0.354 e. The molecule has 1 aliphatic heterocycles. The number of benzene rings is 3. The number of rotatable bonds is 8. The van der Waals surface area contributed by atoms with E-state index in [1.165, 1.54) is 9.87 Å². The third-order valence-corrected chi connectivity index (χ3v) is 7.10. The Balaban J connectivity index is 1.31. The minimum absolute atomic E-state index is 0.212. The summed E-state index contributed by atoms with van der Waals surface area (Å²) in [5, 5.41) is 4.40. The Morgan fingerprint density at radius 2 is 1.73 bits per heavy atom. The lowest BCUT2D eigenvalue weighted by Gasteiger charge is -2.19. The maximum Gasteiger partial charge on any atom is 0.265 e. The summed E-state index contributed by atoms with van der Waals surface area (Å²) < 4.78 is 27.1. The molecule has 1 N–H and O–H groups in total. The van der Waals surface area contributed by atoms with Crippen molar-refractivity contribution in [2.24, 2.45) is 0 Å². The Kier molecular flexibility index (Phi) is 5.74. The molecule has 0 aromatic heterocycles. The van der Waals surface area contributed by atoms with Crippen LogP contribution in [0.25, 0.3) is 10.8 Å². The van der Waals surface area contributed by atoms with E-state index < -0.39 is 10.0 Å². The molecule has 0 atom stereocenters. The lowest BCUT2D eigenvalue weighted by Crippen LogP contribution is -2.39. The van der Waals surface area contributed by atoms with E-state index >= 15 is 0 Å². The van der Waals surface area contributed by atoms with E-state index in [4.69, 9.17) is 0 Å². The Labute approximate surface area is 177 Å². The number of hydrogen-bond acceptors (Lipinski definition) is 4. The minimum Gasteiger partial charge on any atom is -0.354 e. The highest BCUT2D eigenvalue weighted by atomic mass is 32.2. The second-order valence-electron chi connectivity index (χ2n) is 7.57. The molecule has 0 aliphatic carbocycles. The van der Waals surface area contributed by atoms with Gasteiger partial charge in [-0.05, 0) is 43.1 Å². The van der Waals surface area contributed by atoms with Crippen molar-refractivity contribution in [3.63, 3.8) is 0 Å². The molecule has 0 radical (unpaired) electrons. The van der Waals surface area contributed by atoms with Gasteiger partial charge in [-0.3, -0.25) is 9.10 Å². The van der Waals surface area contributed by atoms with Gasteiger partial charge in [0.2, 0.25) is 5.91 Å². The molecule has 156 valence electrons. The van der Waals surface area contributed by atoms with Crippen molar-refractivity contribution in [1.82, 2.24) is 10.2 Å². The number of sulfonamides is 1. The van der Waals surface area contributed by atoms with Gasteiger partial charge in [0, 0.05) is 18.5 Å². The van der Waals surface area contributed by atoms with Gasteiger partial charge in [0.25, 0.3) is 10.0 Å². The monoisotopic (exact) mass is 423 g/mol. The normalized spacial score (nSPS) is 14.4. The Hall–Kier alpha value is -2.90. The van der Waals surface area contributed by atoms with Crippen molar-refractivity contribution in [2.75, 3.05) is 31.0 Å². The number of hydrogen-bond donors (Lipinski definition) is 1. The molecule has 0 bridgehead atoms. The van der Waals surface area contributed by atoms with Crippen molar-refractivity contribution >= 4 is 32.4 Å². The van der Waals surface area contributed by atoms with Crippen LogP contribution in [0.15, 0.2) is 71.6 Å². The van der Waals surface area contributed by atoms with Crippen LogP contribution < -0.4 is 9.62 Å². The topological polar surface area (TPSA) is 69.7 Å². The van der Waals surface area contributed by atoms with Gasteiger partial charge in [-0.15, -0.1) is 0 Å². The maximum absolute atomic E-state index is 12.9. The van der Waals surface area contributed by atoms with Crippen molar-refractivity contribution in [3.8, 4) is 0 Å². The zero-order chi connectivity index (χ0) is 21.1. The van der Waals surface area contributed by atoms with Crippen LogP contribution in [0, 0.1) is 0 Å². The summed E-state index contributed by atoms with van der Waals surface area (Å²) in [5.74, 6) is -0.297. The van der Waals surface area contributed by atoms with E-state index in [0.29, 0.717) is 17.6 Å². The van der Waals surface area contributed by atoms with Crippen LogP contribution in [0.3, 0.4) is 0 Å². The van der Waals surface area contributed by atoms with E-state index in [2.05, 4.69) is 22.3 Å². The highest BCUT2D eigenvalue weighted by Crippen LogP contribution is 2.41. The molecule has 1 heterocycles. The van der Waals surface area contributed by atoms with E-state index in [0.717, 1.165) is 24.9 Å². The lowest BCUT2D eigenvalue weighted by atomic mass is 10.1. The fourth-order valence-electron chi connectivity index (χ4n) is 3.87. The fourth-order valence-corrected chi connectivity index (χ4v) is 5.53. The van der Waals surface area contributed by atoms with E-state index in [1.807, 2.05) is 43.4 Å². The average Bonchev–Trinajstić information content (AvgIpc) is 2.95. The molecule has 0 spiro atoms. The van der Waals surface area contributed by atoms with Gasteiger partial charge >= 0.3 is 0 Å². The molecule has 0 saturated heterocycles. The van der Waals surface area contributed by atoms with Crippen LogP contribution in [0.2, 0.25) is 0 Å². The number of nitrogens with zero attached hydrogens (tertiary/aromatic N) is 2. The number of carbonyl (C=O) groups excluding carboxylic acids is 1. The summed E-state index contributed by atoms with van der Waals surface area (Å²) in [4.78, 5) is 14.9. The molecular weight excluding hydrogens is 398 g/mol. The number of carbonyl (C=O) groups is 1. The van der Waals surface area contributed by atoms with Gasteiger partial charge in [0.1, 0.15) is 6.54 Å². The highest BCUT2D eigenvalue weighted by Gasteiger charge is 2.36. The second-order valence-corrected chi connectivity index (χ2v) is 9.40. The summed E-state index contributed by atoms with van der Waals surface area (Å²) in [7, 11) is -1.66. The number of anilines is 1. The SMILES string of the molecule is CN(CCCNC(=O)CN1c2cccc3cccc(c23)S1(=O)=O)Cc1ccccc1. The molecule has 4 rings (SSSR count). The van der Waals surface area contributed by atoms with E-state index in [-0.39, 0.29) is 17.3 Å². The summed E-state index contributed by atoms with van der Waals surface area (Å²) in [5.41, 5.74) is 1.82. The van der Waals surface area contributed by atoms with Gasteiger partial charge in [0.05, 0.1) is 10.6 Å².